The molecule has 2 aliphatic rings. The van der Waals surface area contributed by atoms with Gasteiger partial charge in [0.2, 0.25) is 12.2 Å². The van der Waals surface area contributed by atoms with Gasteiger partial charge < -0.3 is 29.4 Å². The average molecular weight is 351 g/mol. The summed E-state index contributed by atoms with van der Waals surface area (Å²) in [5.41, 5.74) is 1.10. The molecule has 7 heteroatoms. The third-order valence-corrected chi connectivity index (χ3v) is 4.33. The minimum Gasteiger partial charge on any atom is -0.463 e. The Hall–Kier alpha value is -1.67. The van der Waals surface area contributed by atoms with Gasteiger partial charge in [-0.25, -0.2) is 0 Å². The zero-order valence-corrected chi connectivity index (χ0v) is 14.9. The number of nitrogens with one attached hydrogen (secondary N) is 1. The number of benzene rings is 1. The van der Waals surface area contributed by atoms with E-state index in [1.807, 2.05) is 31.2 Å². The van der Waals surface area contributed by atoms with Gasteiger partial charge in [0.1, 0.15) is 30.1 Å². The molecule has 2 fully saturated rings. The van der Waals surface area contributed by atoms with Gasteiger partial charge in [-0.2, -0.15) is 0 Å². The standard InChI is InChI=1S/C18H25NO6/c1-10-5-7-12(8-6-10)23-17-14(19-11(2)20)15(21)16-13(24-17)9-22-18(3,4)25-16/h5-8,13-17,21H,9H2,1-4H3,(H,19,20)/t13-,14+,15+,16-,17-/m1/s1. The van der Waals surface area contributed by atoms with Gasteiger partial charge in [0.15, 0.2) is 5.79 Å². The van der Waals surface area contributed by atoms with Crippen LogP contribution in [0.5, 0.6) is 5.75 Å². The molecule has 0 unspecified atom stereocenters. The second-order valence-electron chi connectivity index (χ2n) is 6.98. The van der Waals surface area contributed by atoms with E-state index in [0.717, 1.165) is 5.56 Å². The van der Waals surface area contributed by atoms with Crippen LogP contribution in [0.15, 0.2) is 24.3 Å². The highest BCUT2D eigenvalue weighted by molar-refractivity contribution is 5.73. The van der Waals surface area contributed by atoms with E-state index in [-0.39, 0.29) is 12.5 Å². The molecule has 2 saturated heterocycles. The lowest BCUT2D eigenvalue weighted by molar-refractivity contribution is -0.361. The fourth-order valence-electron chi connectivity index (χ4n) is 3.08. The summed E-state index contributed by atoms with van der Waals surface area (Å²) in [5, 5.41) is 13.5. The van der Waals surface area contributed by atoms with Crippen LogP contribution in [0.25, 0.3) is 0 Å². The molecule has 3 rings (SSSR count). The number of carbonyl (C=O) groups excluding carboxylic acids is 1. The third-order valence-electron chi connectivity index (χ3n) is 4.33. The summed E-state index contributed by atoms with van der Waals surface area (Å²) in [4.78, 5) is 11.6. The van der Waals surface area contributed by atoms with Gasteiger partial charge in [0, 0.05) is 6.92 Å². The SMILES string of the molecule is CC(=O)N[C@@H]1[C@H](Oc2ccc(C)cc2)O[C@@H]2COC(C)(C)O[C@H]2[C@H]1O. The first-order valence-corrected chi connectivity index (χ1v) is 8.41. The van der Waals surface area contributed by atoms with Crippen LogP contribution in [0, 0.1) is 6.92 Å². The highest BCUT2D eigenvalue weighted by Gasteiger charge is 2.52. The number of aryl methyl sites for hydroxylation is 1. The quantitative estimate of drug-likeness (QED) is 0.849. The molecule has 2 N–H and O–H groups in total. The lowest BCUT2D eigenvalue weighted by Crippen LogP contribution is -2.69. The number of aliphatic hydroxyl groups is 1. The van der Waals surface area contributed by atoms with E-state index >= 15 is 0 Å². The Morgan fingerprint density at radius 2 is 2.00 bits per heavy atom. The number of fused-ring (bicyclic) bond motifs is 1. The summed E-state index contributed by atoms with van der Waals surface area (Å²) in [6.45, 7) is 7.19. The van der Waals surface area contributed by atoms with E-state index in [1.165, 1.54) is 6.92 Å². The minimum atomic E-state index is -0.985. The number of carbonyl (C=O) groups is 1. The van der Waals surface area contributed by atoms with Crippen molar-refractivity contribution in [3.8, 4) is 5.75 Å². The Morgan fingerprint density at radius 3 is 2.64 bits per heavy atom. The van der Waals surface area contributed by atoms with Crippen LogP contribution in [0.3, 0.4) is 0 Å². The molecule has 0 radical (unpaired) electrons. The van der Waals surface area contributed by atoms with Crippen LogP contribution in [-0.4, -0.2) is 54.1 Å². The maximum atomic E-state index is 11.6. The van der Waals surface area contributed by atoms with Crippen molar-refractivity contribution < 1.29 is 28.8 Å². The van der Waals surface area contributed by atoms with Gasteiger partial charge in [-0.1, -0.05) is 17.7 Å². The van der Waals surface area contributed by atoms with Crippen LogP contribution >= 0.6 is 0 Å². The Bertz CT molecular complexity index is 616. The van der Waals surface area contributed by atoms with E-state index < -0.39 is 36.4 Å². The average Bonchev–Trinajstić information content (AvgIpc) is 2.53. The predicted octanol–water partition coefficient (Wildman–Crippen LogP) is 1.12. The largest absolute Gasteiger partial charge is 0.463 e. The van der Waals surface area contributed by atoms with Gasteiger partial charge in [-0.15, -0.1) is 0 Å². The van der Waals surface area contributed by atoms with Crippen molar-refractivity contribution in [1.82, 2.24) is 5.32 Å². The molecular weight excluding hydrogens is 326 g/mol. The maximum absolute atomic E-state index is 11.6. The first-order valence-electron chi connectivity index (χ1n) is 8.41. The Morgan fingerprint density at radius 1 is 1.32 bits per heavy atom. The van der Waals surface area contributed by atoms with Gasteiger partial charge in [-0.3, -0.25) is 4.79 Å². The highest BCUT2D eigenvalue weighted by atomic mass is 16.8. The minimum absolute atomic E-state index is 0.273. The first-order chi connectivity index (χ1) is 11.7. The zero-order chi connectivity index (χ0) is 18.2. The second-order valence-corrected chi connectivity index (χ2v) is 6.98. The number of rotatable bonds is 3. The molecule has 25 heavy (non-hydrogen) atoms. The number of amides is 1. The van der Waals surface area contributed by atoms with Crippen molar-refractivity contribution in [3.05, 3.63) is 29.8 Å². The summed E-state index contributed by atoms with van der Waals surface area (Å²) in [7, 11) is 0. The summed E-state index contributed by atoms with van der Waals surface area (Å²) in [6, 6.07) is 6.71. The van der Waals surface area contributed by atoms with Crippen LogP contribution in [0.1, 0.15) is 26.3 Å². The number of aliphatic hydroxyl groups excluding tert-OH is 1. The van der Waals surface area contributed by atoms with Crippen molar-refractivity contribution in [1.29, 1.82) is 0 Å². The molecule has 7 nitrogen and oxygen atoms in total. The van der Waals surface area contributed by atoms with Crippen molar-refractivity contribution in [2.45, 2.75) is 64.1 Å². The molecule has 1 amide bonds. The molecule has 0 aliphatic carbocycles. The summed E-state index contributed by atoms with van der Waals surface area (Å²) >= 11 is 0. The van der Waals surface area contributed by atoms with Gasteiger partial charge in [0.25, 0.3) is 0 Å². The van der Waals surface area contributed by atoms with E-state index in [9.17, 15) is 9.90 Å². The van der Waals surface area contributed by atoms with Crippen molar-refractivity contribution in [2.24, 2.45) is 0 Å². The second kappa shape index (κ2) is 6.92. The highest BCUT2D eigenvalue weighted by Crippen LogP contribution is 2.33. The lowest BCUT2D eigenvalue weighted by Gasteiger charge is -2.49. The molecule has 0 spiro atoms. The fraction of sp³-hybridized carbons (Fsp3) is 0.611. The lowest BCUT2D eigenvalue weighted by atomic mass is 9.95. The van der Waals surface area contributed by atoms with Crippen LogP contribution < -0.4 is 10.1 Å². The normalized spacial score (nSPS) is 34.0. The predicted molar refractivity (Wildman–Crippen MR) is 89.0 cm³/mol. The summed E-state index contributed by atoms with van der Waals surface area (Å²) < 4.78 is 23.3. The Balaban J connectivity index is 1.80. The third kappa shape index (κ3) is 4.12. The molecule has 0 bridgehead atoms. The Labute approximate surface area is 147 Å². The van der Waals surface area contributed by atoms with Gasteiger partial charge in [-0.05, 0) is 32.9 Å². The van der Waals surface area contributed by atoms with Crippen molar-refractivity contribution in [2.75, 3.05) is 6.61 Å². The molecule has 0 aromatic heterocycles. The summed E-state index contributed by atoms with van der Waals surface area (Å²) in [6.07, 6.45) is -2.93. The molecule has 0 saturated carbocycles. The molecule has 1 aromatic carbocycles. The monoisotopic (exact) mass is 351 g/mol. The molecule has 138 valence electrons. The molecule has 2 aliphatic heterocycles. The smallest absolute Gasteiger partial charge is 0.223 e. The van der Waals surface area contributed by atoms with E-state index in [2.05, 4.69) is 5.32 Å². The molecule has 2 heterocycles. The Kier molecular flexibility index (Phi) is 5.02. The maximum Gasteiger partial charge on any atom is 0.223 e. The van der Waals surface area contributed by atoms with Gasteiger partial charge >= 0.3 is 0 Å². The number of ether oxygens (including phenoxy) is 4. The van der Waals surface area contributed by atoms with Crippen molar-refractivity contribution >= 4 is 5.91 Å². The van der Waals surface area contributed by atoms with E-state index in [4.69, 9.17) is 18.9 Å². The van der Waals surface area contributed by atoms with Crippen molar-refractivity contribution in [3.63, 3.8) is 0 Å². The number of hydrogen-bond acceptors (Lipinski definition) is 6. The topological polar surface area (TPSA) is 86.3 Å². The molecule has 5 atom stereocenters. The van der Waals surface area contributed by atoms with E-state index in [1.54, 1.807) is 13.8 Å². The fourth-order valence-corrected chi connectivity index (χ4v) is 3.08. The first kappa shape index (κ1) is 18.1. The molecular formula is C18H25NO6. The van der Waals surface area contributed by atoms with Crippen LogP contribution in [-0.2, 0) is 19.0 Å². The number of hydrogen-bond donors (Lipinski definition) is 2. The van der Waals surface area contributed by atoms with Crippen LogP contribution in [0.4, 0.5) is 0 Å². The van der Waals surface area contributed by atoms with Crippen LogP contribution in [0.2, 0.25) is 0 Å². The summed E-state index contributed by atoms with van der Waals surface area (Å²) in [5.74, 6) is -0.513. The molecule has 1 aromatic rings. The van der Waals surface area contributed by atoms with Gasteiger partial charge in [0.05, 0.1) is 6.61 Å². The van der Waals surface area contributed by atoms with E-state index in [0.29, 0.717) is 5.75 Å². The zero-order valence-electron chi connectivity index (χ0n) is 14.9.